The van der Waals surface area contributed by atoms with Gasteiger partial charge in [0.05, 0.1) is 0 Å². The molecule has 2 heteroatoms. The van der Waals surface area contributed by atoms with Gasteiger partial charge in [-0.15, -0.1) is 0 Å². The Kier molecular flexibility index (Phi) is 4.98. The van der Waals surface area contributed by atoms with Gasteiger partial charge in [-0.05, 0) is 47.1 Å². The zero-order chi connectivity index (χ0) is 18.1. The monoisotopic (exact) mass is 322 g/mol. The molecule has 2 rings (SSSR count). The number of carbonyl (C=O) groups is 1. The van der Waals surface area contributed by atoms with Gasteiger partial charge in [-0.3, -0.25) is 4.79 Å². The number of phenols is 1. The van der Waals surface area contributed by atoms with Crippen LogP contribution in [0.1, 0.15) is 55.9 Å². The van der Waals surface area contributed by atoms with Crippen LogP contribution in [0.5, 0.6) is 5.75 Å². The van der Waals surface area contributed by atoms with Crippen LogP contribution in [0, 0.1) is 6.92 Å². The number of aryl methyl sites for hydroxylation is 1. The Labute approximate surface area is 144 Å². The van der Waals surface area contributed by atoms with Gasteiger partial charge < -0.3 is 5.11 Å². The number of phenolic OH excluding ortho intramolecular Hbond substituents is 1. The summed E-state index contributed by atoms with van der Waals surface area (Å²) in [7, 11) is 0. The topological polar surface area (TPSA) is 37.3 Å². The highest BCUT2D eigenvalue weighted by atomic mass is 16.3. The second kappa shape index (κ2) is 6.64. The summed E-state index contributed by atoms with van der Waals surface area (Å²) in [6, 6.07) is 13.9. The highest BCUT2D eigenvalue weighted by molar-refractivity contribution is 5.95. The van der Waals surface area contributed by atoms with Crippen molar-refractivity contribution in [3.05, 3.63) is 76.9 Å². The van der Waals surface area contributed by atoms with E-state index in [1.165, 1.54) is 0 Å². The normalized spacial score (nSPS) is 12.7. The summed E-state index contributed by atoms with van der Waals surface area (Å²) < 4.78 is 0. The lowest BCUT2D eigenvalue weighted by Crippen LogP contribution is -2.15. The first-order valence-electron chi connectivity index (χ1n) is 8.21. The van der Waals surface area contributed by atoms with Crippen molar-refractivity contribution in [3.63, 3.8) is 0 Å². The Balaban J connectivity index is 2.70. The third-order valence-corrected chi connectivity index (χ3v) is 4.40. The van der Waals surface area contributed by atoms with Crippen LogP contribution in [0.15, 0.2) is 54.6 Å². The molecule has 0 spiro atoms. The van der Waals surface area contributed by atoms with E-state index in [9.17, 15) is 9.90 Å². The van der Waals surface area contributed by atoms with Crippen molar-refractivity contribution in [1.29, 1.82) is 0 Å². The maximum atomic E-state index is 12.0. The molecule has 0 unspecified atom stereocenters. The van der Waals surface area contributed by atoms with E-state index in [1.54, 1.807) is 6.92 Å². The molecule has 0 aromatic heterocycles. The first kappa shape index (κ1) is 18.0. The Hall–Kier alpha value is -2.35. The van der Waals surface area contributed by atoms with Gasteiger partial charge >= 0.3 is 0 Å². The molecule has 2 aromatic carbocycles. The lowest BCUT2D eigenvalue weighted by atomic mass is 9.78. The fourth-order valence-corrected chi connectivity index (χ4v) is 2.99. The second-order valence-electron chi connectivity index (χ2n) is 7.41. The van der Waals surface area contributed by atoms with Crippen molar-refractivity contribution >= 4 is 5.78 Å². The quantitative estimate of drug-likeness (QED) is 0.778. The summed E-state index contributed by atoms with van der Waals surface area (Å²) in [6.07, 6.45) is 0. The summed E-state index contributed by atoms with van der Waals surface area (Å²) in [5.41, 5.74) is 4.09. The van der Waals surface area contributed by atoms with E-state index in [2.05, 4.69) is 27.4 Å². The maximum Gasteiger partial charge on any atom is 0.156 e. The van der Waals surface area contributed by atoms with Crippen molar-refractivity contribution < 1.29 is 9.90 Å². The smallest absolute Gasteiger partial charge is 0.156 e. The van der Waals surface area contributed by atoms with Gasteiger partial charge in [0.1, 0.15) is 5.75 Å². The Morgan fingerprint density at radius 3 is 2.17 bits per heavy atom. The molecule has 0 amide bonds. The molecule has 2 aromatic rings. The van der Waals surface area contributed by atoms with Crippen LogP contribution in [0.2, 0.25) is 0 Å². The zero-order valence-electron chi connectivity index (χ0n) is 15.2. The molecule has 0 saturated carbocycles. The molecule has 1 atom stereocenters. The molecule has 0 fully saturated rings. The number of aromatic hydroxyl groups is 1. The van der Waals surface area contributed by atoms with E-state index in [0.717, 1.165) is 22.3 Å². The Morgan fingerprint density at radius 2 is 1.67 bits per heavy atom. The van der Waals surface area contributed by atoms with Crippen molar-refractivity contribution in [2.75, 3.05) is 0 Å². The highest BCUT2D eigenvalue weighted by Crippen LogP contribution is 2.39. The summed E-state index contributed by atoms with van der Waals surface area (Å²) in [5, 5.41) is 10.5. The van der Waals surface area contributed by atoms with Crippen LogP contribution >= 0.6 is 0 Å². The maximum absolute atomic E-state index is 12.0. The van der Waals surface area contributed by atoms with Crippen molar-refractivity contribution in [2.45, 2.75) is 46.0 Å². The number of hydrogen-bond acceptors (Lipinski definition) is 2. The minimum absolute atomic E-state index is 0.0214. The molecule has 24 heavy (non-hydrogen) atoms. The van der Waals surface area contributed by atoms with Crippen LogP contribution in [0.25, 0.3) is 0 Å². The zero-order valence-corrected chi connectivity index (χ0v) is 15.2. The summed E-state index contributed by atoms with van der Waals surface area (Å²) >= 11 is 0. The molecule has 126 valence electrons. The van der Waals surface area contributed by atoms with Crippen LogP contribution in [0.4, 0.5) is 0 Å². The van der Waals surface area contributed by atoms with E-state index in [0.29, 0.717) is 11.3 Å². The molecule has 0 radical (unpaired) electrons. The minimum atomic E-state index is -0.205. The number of benzene rings is 2. The lowest BCUT2D eigenvalue weighted by Gasteiger charge is -2.26. The molecule has 0 aliphatic rings. The number of ketones is 1. The number of allylic oxidation sites excluding steroid dienone is 1. The fraction of sp³-hybridized carbons (Fsp3) is 0.318. The standard InChI is InChI=1S/C22H26O2/c1-14-12-18(13-19(21(14)24)22(4,5)6)20(15(2)16(3)23)17-10-8-7-9-11-17/h7-13,20,24H,2H2,1,3-6H3/t20-/m1/s1. The number of carbonyl (C=O) groups excluding carboxylic acids is 1. The van der Waals surface area contributed by atoms with Gasteiger partial charge in [-0.25, -0.2) is 0 Å². The van der Waals surface area contributed by atoms with Gasteiger partial charge in [0.25, 0.3) is 0 Å². The minimum Gasteiger partial charge on any atom is -0.507 e. The summed E-state index contributed by atoms with van der Waals surface area (Å²) in [6.45, 7) is 13.7. The molecule has 0 aliphatic carbocycles. The van der Waals surface area contributed by atoms with Gasteiger partial charge in [0.15, 0.2) is 5.78 Å². The predicted octanol–water partition coefficient (Wildman–Crippen LogP) is 5.28. The SMILES string of the molecule is C=C(C(C)=O)[C@H](c1ccccc1)c1cc(C)c(O)c(C(C)(C)C)c1. The van der Waals surface area contributed by atoms with Gasteiger partial charge in [-0.1, -0.05) is 69.8 Å². The Bertz CT molecular complexity index is 765. The average Bonchev–Trinajstić information content (AvgIpc) is 2.50. The van der Waals surface area contributed by atoms with E-state index in [1.807, 2.05) is 49.4 Å². The van der Waals surface area contributed by atoms with E-state index >= 15 is 0 Å². The largest absolute Gasteiger partial charge is 0.507 e. The lowest BCUT2D eigenvalue weighted by molar-refractivity contribution is -0.113. The number of hydrogen-bond donors (Lipinski definition) is 1. The molecule has 0 bridgehead atoms. The Morgan fingerprint density at radius 1 is 1.08 bits per heavy atom. The van der Waals surface area contributed by atoms with Crippen LogP contribution in [-0.4, -0.2) is 10.9 Å². The van der Waals surface area contributed by atoms with Crippen molar-refractivity contribution in [2.24, 2.45) is 0 Å². The third kappa shape index (κ3) is 3.59. The summed E-state index contributed by atoms with van der Waals surface area (Å²) in [5.74, 6) is 0.0995. The summed E-state index contributed by atoms with van der Waals surface area (Å²) in [4.78, 5) is 12.0. The molecule has 0 heterocycles. The van der Waals surface area contributed by atoms with E-state index in [4.69, 9.17) is 0 Å². The third-order valence-electron chi connectivity index (χ3n) is 4.40. The van der Waals surface area contributed by atoms with Crippen LogP contribution in [-0.2, 0) is 10.2 Å². The van der Waals surface area contributed by atoms with Crippen molar-refractivity contribution in [1.82, 2.24) is 0 Å². The van der Waals surface area contributed by atoms with Crippen LogP contribution in [0.3, 0.4) is 0 Å². The van der Waals surface area contributed by atoms with Gasteiger partial charge in [0, 0.05) is 5.92 Å². The molecule has 1 N–H and O–H groups in total. The molecular formula is C22H26O2. The van der Waals surface area contributed by atoms with E-state index in [-0.39, 0.29) is 17.1 Å². The van der Waals surface area contributed by atoms with Crippen molar-refractivity contribution in [3.8, 4) is 5.75 Å². The number of Topliss-reactive ketones (excluding diaryl/α,β-unsaturated/α-hetero) is 1. The first-order valence-corrected chi connectivity index (χ1v) is 8.21. The molecular weight excluding hydrogens is 296 g/mol. The second-order valence-corrected chi connectivity index (χ2v) is 7.41. The average molecular weight is 322 g/mol. The molecule has 2 nitrogen and oxygen atoms in total. The highest BCUT2D eigenvalue weighted by Gasteiger charge is 2.25. The first-order chi connectivity index (χ1) is 11.1. The van der Waals surface area contributed by atoms with Crippen LogP contribution < -0.4 is 0 Å². The fourth-order valence-electron chi connectivity index (χ4n) is 2.99. The number of rotatable bonds is 4. The predicted molar refractivity (Wildman–Crippen MR) is 99.6 cm³/mol. The van der Waals surface area contributed by atoms with Gasteiger partial charge in [0.2, 0.25) is 0 Å². The van der Waals surface area contributed by atoms with E-state index < -0.39 is 0 Å². The van der Waals surface area contributed by atoms with Gasteiger partial charge in [-0.2, -0.15) is 0 Å². The molecule has 0 saturated heterocycles. The molecule has 0 aliphatic heterocycles.